The number of hydrogen-bond acceptors (Lipinski definition) is 3. The summed E-state index contributed by atoms with van der Waals surface area (Å²) in [5, 5.41) is 7.70. The fourth-order valence-corrected chi connectivity index (χ4v) is 3.44. The van der Waals surface area contributed by atoms with Crippen LogP contribution in [-0.4, -0.2) is 54.3 Å². The number of nitrogens with zero attached hydrogens (tertiary/aromatic N) is 2. The number of para-hydroxylation sites is 1. The van der Waals surface area contributed by atoms with Gasteiger partial charge in [0.25, 0.3) is 0 Å². The molecule has 1 saturated heterocycles. The molecule has 7 nitrogen and oxygen atoms in total. The molecule has 2 aromatic rings. The number of hydrogen-bond donors (Lipinski definition) is 3. The summed E-state index contributed by atoms with van der Waals surface area (Å²) in [4.78, 5) is 32.5. The van der Waals surface area contributed by atoms with E-state index in [9.17, 15) is 9.59 Å². The number of aromatic nitrogens is 1. The van der Waals surface area contributed by atoms with Crippen molar-refractivity contribution in [3.05, 3.63) is 35.5 Å². The number of piperidine rings is 1. The Morgan fingerprint density at radius 2 is 1.93 bits per heavy atom. The first kappa shape index (κ1) is 18.9. The van der Waals surface area contributed by atoms with Crippen LogP contribution in [0.5, 0.6) is 0 Å². The lowest BCUT2D eigenvalue weighted by Crippen LogP contribution is -2.46. The number of amides is 2. The minimum absolute atomic E-state index is 0.0781. The number of guanidine groups is 1. The van der Waals surface area contributed by atoms with E-state index in [-0.39, 0.29) is 11.8 Å². The molecule has 0 saturated carbocycles. The summed E-state index contributed by atoms with van der Waals surface area (Å²) in [6.07, 6.45) is 4.51. The molecule has 7 heteroatoms. The van der Waals surface area contributed by atoms with E-state index in [1.807, 2.05) is 0 Å². The van der Waals surface area contributed by atoms with Crippen molar-refractivity contribution in [3.63, 3.8) is 0 Å². The molecule has 0 atom stereocenters. The molecule has 0 spiro atoms. The van der Waals surface area contributed by atoms with Gasteiger partial charge in [-0.15, -0.1) is 0 Å². The van der Waals surface area contributed by atoms with Crippen molar-refractivity contribution in [2.24, 2.45) is 4.99 Å². The zero-order valence-electron chi connectivity index (χ0n) is 16.0. The van der Waals surface area contributed by atoms with E-state index in [1.54, 1.807) is 7.05 Å². The van der Waals surface area contributed by atoms with Crippen molar-refractivity contribution in [2.45, 2.75) is 32.6 Å². The third-order valence-electron chi connectivity index (χ3n) is 4.93. The average Bonchev–Trinajstić information content (AvgIpc) is 3.07. The van der Waals surface area contributed by atoms with Gasteiger partial charge in [-0.1, -0.05) is 18.2 Å². The lowest BCUT2D eigenvalue weighted by molar-refractivity contribution is -0.147. The van der Waals surface area contributed by atoms with Gasteiger partial charge < -0.3 is 15.6 Å². The quantitative estimate of drug-likeness (QED) is 0.411. The molecule has 0 unspecified atom stereocenters. The Hall–Kier alpha value is -2.83. The van der Waals surface area contributed by atoms with E-state index in [1.165, 1.54) is 26.9 Å². The molecule has 1 aromatic heterocycles. The molecule has 1 fully saturated rings. The maximum absolute atomic E-state index is 11.8. The number of benzene rings is 1. The summed E-state index contributed by atoms with van der Waals surface area (Å²) in [6, 6.07) is 6.31. The number of nitrogens with one attached hydrogen (secondary N) is 3. The smallest absolute Gasteiger partial charge is 0.229 e. The van der Waals surface area contributed by atoms with Crippen LogP contribution in [0.15, 0.2) is 29.4 Å². The minimum atomic E-state index is -0.0781. The molecule has 1 aliphatic rings. The van der Waals surface area contributed by atoms with Crippen LogP contribution < -0.4 is 10.6 Å². The Kier molecular flexibility index (Phi) is 6.11. The maximum Gasteiger partial charge on any atom is 0.229 e. The predicted octanol–water partition coefficient (Wildman–Crippen LogP) is 1.72. The summed E-state index contributed by atoms with van der Waals surface area (Å²) < 4.78 is 0. The first-order valence-electron chi connectivity index (χ1n) is 9.43. The molecule has 0 bridgehead atoms. The first-order chi connectivity index (χ1) is 13.1. The number of imide groups is 1. The van der Waals surface area contributed by atoms with E-state index < -0.39 is 0 Å². The van der Waals surface area contributed by atoms with Gasteiger partial charge in [0.05, 0.1) is 0 Å². The van der Waals surface area contributed by atoms with Crippen molar-refractivity contribution in [1.82, 2.24) is 20.5 Å². The van der Waals surface area contributed by atoms with Crippen LogP contribution in [0.3, 0.4) is 0 Å². The van der Waals surface area contributed by atoms with Gasteiger partial charge in [0.1, 0.15) is 0 Å². The highest BCUT2D eigenvalue weighted by Crippen LogP contribution is 2.21. The largest absolute Gasteiger partial charge is 0.361 e. The molecule has 2 amide bonds. The number of aliphatic imine (C=N–C) groups is 1. The number of H-pyrrole nitrogens is 1. The SMILES string of the molecule is CN=C(NCCc1c[nH]c2c(C)cccc12)NCCN1C(=O)CCCC1=O. The van der Waals surface area contributed by atoms with Crippen LogP contribution in [-0.2, 0) is 16.0 Å². The fraction of sp³-hybridized carbons (Fsp3) is 0.450. The summed E-state index contributed by atoms with van der Waals surface area (Å²) in [6.45, 7) is 3.70. The van der Waals surface area contributed by atoms with Crippen molar-refractivity contribution in [1.29, 1.82) is 0 Å². The molecular weight excluding hydrogens is 342 g/mol. The summed E-state index contributed by atoms with van der Waals surface area (Å²) in [5.74, 6) is 0.513. The Bertz CT molecular complexity index is 839. The van der Waals surface area contributed by atoms with Gasteiger partial charge in [-0.25, -0.2) is 0 Å². The lowest BCUT2D eigenvalue weighted by atomic mass is 10.1. The van der Waals surface area contributed by atoms with Gasteiger partial charge in [0, 0.05) is 56.6 Å². The monoisotopic (exact) mass is 369 g/mol. The second-order valence-electron chi connectivity index (χ2n) is 6.78. The van der Waals surface area contributed by atoms with E-state index in [2.05, 4.69) is 51.9 Å². The number of rotatable bonds is 6. The Balaban J connectivity index is 1.46. The number of carbonyl (C=O) groups is 2. The number of aromatic amines is 1. The molecule has 144 valence electrons. The number of carbonyl (C=O) groups excluding carboxylic acids is 2. The molecule has 1 aliphatic heterocycles. The molecule has 0 aliphatic carbocycles. The third-order valence-corrected chi connectivity index (χ3v) is 4.93. The van der Waals surface area contributed by atoms with E-state index >= 15 is 0 Å². The highest BCUT2D eigenvalue weighted by atomic mass is 16.2. The molecular formula is C20H27N5O2. The van der Waals surface area contributed by atoms with Crippen LogP contribution in [0.25, 0.3) is 10.9 Å². The normalized spacial score (nSPS) is 15.5. The second kappa shape index (κ2) is 8.70. The van der Waals surface area contributed by atoms with Crippen LogP contribution in [0.4, 0.5) is 0 Å². The second-order valence-corrected chi connectivity index (χ2v) is 6.78. The topological polar surface area (TPSA) is 89.6 Å². The third kappa shape index (κ3) is 4.48. The van der Waals surface area contributed by atoms with Crippen molar-refractivity contribution >= 4 is 28.7 Å². The van der Waals surface area contributed by atoms with Crippen molar-refractivity contribution in [2.75, 3.05) is 26.7 Å². The highest BCUT2D eigenvalue weighted by molar-refractivity contribution is 5.97. The van der Waals surface area contributed by atoms with Gasteiger partial charge in [-0.2, -0.15) is 0 Å². The summed E-state index contributed by atoms with van der Waals surface area (Å²) >= 11 is 0. The number of fused-ring (bicyclic) bond motifs is 1. The van der Waals surface area contributed by atoms with Crippen LogP contribution in [0.2, 0.25) is 0 Å². The van der Waals surface area contributed by atoms with Gasteiger partial charge in [-0.05, 0) is 30.9 Å². The molecule has 27 heavy (non-hydrogen) atoms. The average molecular weight is 369 g/mol. The summed E-state index contributed by atoms with van der Waals surface area (Å²) in [5.41, 5.74) is 3.69. The molecule has 3 rings (SSSR count). The van der Waals surface area contributed by atoms with E-state index in [4.69, 9.17) is 0 Å². The van der Waals surface area contributed by atoms with E-state index in [0.717, 1.165) is 13.0 Å². The molecule has 2 heterocycles. The van der Waals surface area contributed by atoms with Crippen molar-refractivity contribution < 1.29 is 9.59 Å². The van der Waals surface area contributed by atoms with Crippen LogP contribution in [0.1, 0.15) is 30.4 Å². The van der Waals surface area contributed by atoms with Gasteiger partial charge >= 0.3 is 0 Å². The van der Waals surface area contributed by atoms with Crippen molar-refractivity contribution in [3.8, 4) is 0 Å². The maximum atomic E-state index is 11.8. The zero-order valence-corrected chi connectivity index (χ0v) is 16.0. The zero-order chi connectivity index (χ0) is 19.2. The Morgan fingerprint density at radius 1 is 1.19 bits per heavy atom. The molecule has 0 radical (unpaired) electrons. The minimum Gasteiger partial charge on any atom is -0.361 e. The van der Waals surface area contributed by atoms with Gasteiger partial charge in [0.15, 0.2) is 5.96 Å². The molecule has 3 N–H and O–H groups in total. The Labute approximate surface area is 159 Å². The first-order valence-corrected chi connectivity index (χ1v) is 9.43. The van der Waals surface area contributed by atoms with Crippen LogP contribution >= 0.6 is 0 Å². The number of likely N-dealkylation sites (tertiary alicyclic amines) is 1. The van der Waals surface area contributed by atoms with Crippen LogP contribution in [0, 0.1) is 6.92 Å². The predicted molar refractivity (Wildman–Crippen MR) is 107 cm³/mol. The van der Waals surface area contributed by atoms with E-state index in [0.29, 0.717) is 38.3 Å². The molecule has 1 aromatic carbocycles. The summed E-state index contributed by atoms with van der Waals surface area (Å²) in [7, 11) is 1.71. The highest BCUT2D eigenvalue weighted by Gasteiger charge is 2.25. The van der Waals surface area contributed by atoms with Gasteiger partial charge in [-0.3, -0.25) is 19.5 Å². The van der Waals surface area contributed by atoms with Gasteiger partial charge in [0.2, 0.25) is 11.8 Å². The number of aryl methyl sites for hydroxylation is 1. The standard InChI is InChI=1S/C20H27N5O2/c1-14-5-3-6-16-15(13-24-19(14)16)9-10-22-20(21-2)23-11-12-25-17(26)7-4-8-18(25)27/h3,5-6,13,24H,4,7-12H2,1-2H3,(H2,21,22,23). The fourth-order valence-electron chi connectivity index (χ4n) is 3.44. The Morgan fingerprint density at radius 3 is 2.67 bits per heavy atom. The lowest BCUT2D eigenvalue weighted by Gasteiger charge is -2.25.